The van der Waals surface area contributed by atoms with Crippen LogP contribution in [0.5, 0.6) is 5.75 Å². The van der Waals surface area contributed by atoms with Gasteiger partial charge in [-0.2, -0.15) is 0 Å². The molecule has 7 nitrogen and oxygen atoms in total. The molecule has 1 heterocycles. The van der Waals surface area contributed by atoms with Gasteiger partial charge in [0, 0.05) is 24.7 Å². The molecule has 1 aliphatic heterocycles. The molecule has 2 rings (SSSR count). The number of methoxy groups -OCH3 is 1. The first kappa shape index (κ1) is 13.3. The van der Waals surface area contributed by atoms with E-state index in [1.54, 1.807) is 4.90 Å². The Bertz CT molecular complexity index is 497. The summed E-state index contributed by atoms with van der Waals surface area (Å²) < 4.78 is 10.1. The monoisotopic (exact) mass is 266 g/mol. The molecule has 0 saturated carbocycles. The number of ether oxygens (including phenoxy) is 2. The van der Waals surface area contributed by atoms with Crippen LogP contribution in [0.3, 0.4) is 0 Å². The average Bonchev–Trinajstić information content (AvgIpc) is 2.46. The molecule has 1 fully saturated rings. The Balaban J connectivity index is 2.26. The Labute approximate surface area is 109 Å². The molecular formula is C12H14N2O5. The van der Waals surface area contributed by atoms with E-state index in [1.807, 2.05) is 0 Å². The minimum absolute atomic E-state index is 0.142. The summed E-state index contributed by atoms with van der Waals surface area (Å²) in [6.45, 7) is 1.98. The topological polar surface area (TPSA) is 81.9 Å². The molecule has 1 amide bonds. The third kappa shape index (κ3) is 2.82. The van der Waals surface area contributed by atoms with E-state index in [-0.39, 0.29) is 22.9 Å². The minimum atomic E-state index is -0.561. The van der Waals surface area contributed by atoms with Gasteiger partial charge in [0.1, 0.15) is 0 Å². The van der Waals surface area contributed by atoms with Crippen molar-refractivity contribution >= 4 is 11.6 Å². The summed E-state index contributed by atoms with van der Waals surface area (Å²) in [6, 6.07) is 4.21. The van der Waals surface area contributed by atoms with Gasteiger partial charge in [0.05, 0.1) is 25.2 Å². The number of nitro groups is 1. The molecule has 1 aliphatic rings. The molecule has 1 aromatic rings. The maximum Gasteiger partial charge on any atom is 0.311 e. The Morgan fingerprint density at radius 3 is 2.68 bits per heavy atom. The largest absolute Gasteiger partial charge is 0.490 e. The van der Waals surface area contributed by atoms with Crippen LogP contribution in [0, 0.1) is 10.1 Å². The Hall–Kier alpha value is -2.15. The number of nitro benzene ring substituents is 1. The molecule has 19 heavy (non-hydrogen) atoms. The van der Waals surface area contributed by atoms with E-state index in [4.69, 9.17) is 9.47 Å². The fourth-order valence-electron chi connectivity index (χ4n) is 1.91. The first-order chi connectivity index (χ1) is 9.13. The highest BCUT2D eigenvalue weighted by Gasteiger charge is 2.22. The maximum absolute atomic E-state index is 12.2. The lowest BCUT2D eigenvalue weighted by molar-refractivity contribution is -0.385. The number of hydrogen-bond acceptors (Lipinski definition) is 5. The van der Waals surface area contributed by atoms with Crippen molar-refractivity contribution in [3.8, 4) is 5.75 Å². The summed E-state index contributed by atoms with van der Waals surface area (Å²) in [5.74, 6) is -0.0856. The number of hydrogen-bond donors (Lipinski definition) is 0. The standard InChI is InChI=1S/C12H14N2O5/c1-18-11-3-2-9(8-10(11)14(16)17)12(15)13-4-6-19-7-5-13/h2-3,8H,4-7H2,1H3. The maximum atomic E-state index is 12.2. The first-order valence-electron chi connectivity index (χ1n) is 5.83. The minimum Gasteiger partial charge on any atom is -0.490 e. The lowest BCUT2D eigenvalue weighted by atomic mass is 10.1. The Morgan fingerprint density at radius 2 is 2.11 bits per heavy atom. The lowest BCUT2D eigenvalue weighted by Crippen LogP contribution is -2.40. The van der Waals surface area contributed by atoms with Crippen LogP contribution >= 0.6 is 0 Å². The van der Waals surface area contributed by atoms with Crippen LogP contribution < -0.4 is 4.74 Å². The highest BCUT2D eigenvalue weighted by molar-refractivity contribution is 5.95. The van der Waals surface area contributed by atoms with Crippen molar-refractivity contribution in [2.24, 2.45) is 0 Å². The zero-order valence-electron chi connectivity index (χ0n) is 10.5. The van der Waals surface area contributed by atoms with Crippen LogP contribution in [-0.2, 0) is 4.74 Å². The second-order valence-electron chi connectivity index (χ2n) is 4.05. The molecular weight excluding hydrogens is 252 g/mol. The molecule has 0 bridgehead atoms. The summed E-state index contributed by atoms with van der Waals surface area (Å²) >= 11 is 0. The highest BCUT2D eigenvalue weighted by Crippen LogP contribution is 2.28. The molecule has 0 unspecified atom stereocenters. The normalized spacial score (nSPS) is 15.1. The zero-order valence-corrected chi connectivity index (χ0v) is 10.5. The van der Waals surface area contributed by atoms with Crippen molar-refractivity contribution in [1.82, 2.24) is 4.90 Å². The van der Waals surface area contributed by atoms with Crippen molar-refractivity contribution in [2.75, 3.05) is 33.4 Å². The predicted molar refractivity (Wildman–Crippen MR) is 66.4 cm³/mol. The number of carbonyl (C=O) groups is 1. The summed E-state index contributed by atoms with van der Waals surface area (Å²) in [7, 11) is 1.35. The fraction of sp³-hybridized carbons (Fsp3) is 0.417. The van der Waals surface area contributed by atoms with Crippen LogP contribution in [0.2, 0.25) is 0 Å². The molecule has 1 aromatic carbocycles. The van der Waals surface area contributed by atoms with E-state index < -0.39 is 4.92 Å². The third-order valence-electron chi connectivity index (χ3n) is 2.92. The van der Waals surface area contributed by atoms with Crippen LogP contribution in [0.4, 0.5) is 5.69 Å². The second kappa shape index (κ2) is 5.66. The summed E-state index contributed by atoms with van der Waals surface area (Å²) in [5.41, 5.74) is 0.0796. The van der Waals surface area contributed by atoms with Crippen molar-refractivity contribution in [3.05, 3.63) is 33.9 Å². The molecule has 0 atom stereocenters. The Morgan fingerprint density at radius 1 is 1.42 bits per heavy atom. The fourth-order valence-corrected chi connectivity index (χ4v) is 1.91. The van der Waals surface area contributed by atoms with Crippen molar-refractivity contribution < 1.29 is 19.2 Å². The molecule has 0 radical (unpaired) electrons. The van der Waals surface area contributed by atoms with E-state index in [0.29, 0.717) is 26.3 Å². The van der Waals surface area contributed by atoms with E-state index in [0.717, 1.165) is 0 Å². The van der Waals surface area contributed by atoms with Gasteiger partial charge in [-0.05, 0) is 12.1 Å². The van der Waals surface area contributed by atoms with Crippen LogP contribution in [-0.4, -0.2) is 49.1 Å². The molecule has 0 aromatic heterocycles. The van der Waals surface area contributed by atoms with Crippen molar-refractivity contribution in [2.45, 2.75) is 0 Å². The zero-order chi connectivity index (χ0) is 13.8. The highest BCUT2D eigenvalue weighted by atomic mass is 16.6. The van der Waals surface area contributed by atoms with Crippen LogP contribution in [0.1, 0.15) is 10.4 Å². The first-order valence-corrected chi connectivity index (χ1v) is 5.83. The molecule has 0 N–H and O–H groups in total. The quantitative estimate of drug-likeness (QED) is 0.604. The predicted octanol–water partition coefficient (Wildman–Crippen LogP) is 1.08. The van der Waals surface area contributed by atoms with Gasteiger partial charge in [-0.15, -0.1) is 0 Å². The number of nitrogens with zero attached hydrogens (tertiary/aromatic N) is 2. The van der Waals surface area contributed by atoms with Gasteiger partial charge in [0.25, 0.3) is 5.91 Å². The van der Waals surface area contributed by atoms with Gasteiger partial charge in [0.2, 0.25) is 0 Å². The summed E-state index contributed by atoms with van der Waals surface area (Å²) in [4.78, 5) is 24.2. The molecule has 1 saturated heterocycles. The van der Waals surface area contributed by atoms with E-state index in [2.05, 4.69) is 0 Å². The van der Waals surface area contributed by atoms with E-state index in [1.165, 1.54) is 25.3 Å². The van der Waals surface area contributed by atoms with E-state index in [9.17, 15) is 14.9 Å². The average molecular weight is 266 g/mol. The molecule has 7 heteroatoms. The van der Waals surface area contributed by atoms with Gasteiger partial charge in [-0.25, -0.2) is 0 Å². The number of morpholine rings is 1. The van der Waals surface area contributed by atoms with Gasteiger partial charge in [-0.3, -0.25) is 14.9 Å². The summed E-state index contributed by atoms with van der Waals surface area (Å²) in [5, 5.41) is 10.9. The molecule has 102 valence electrons. The smallest absolute Gasteiger partial charge is 0.311 e. The SMILES string of the molecule is COc1ccc(C(=O)N2CCOCC2)cc1[N+](=O)[O-]. The van der Waals surface area contributed by atoms with Crippen LogP contribution in [0.25, 0.3) is 0 Å². The Kier molecular flexibility index (Phi) is 3.96. The molecule has 0 aliphatic carbocycles. The lowest BCUT2D eigenvalue weighted by Gasteiger charge is -2.26. The number of benzene rings is 1. The summed E-state index contributed by atoms with van der Waals surface area (Å²) in [6.07, 6.45) is 0. The van der Waals surface area contributed by atoms with Crippen molar-refractivity contribution in [1.29, 1.82) is 0 Å². The number of rotatable bonds is 3. The van der Waals surface area contributed by atoms with Crippen LogP contribution in [0.15, 0.2) is 18.2 Å². The third-order valence-corrected chi connectivity index (χ3v) is 2.92. The molecule has 0 spiro atoms. The number of carbonyl (C=O) groups excluding carboxylic acids is 1. The van der Waals surface area contributed by atoms with E-state index >= 15 is 0 Å². The van der Waals surface area contributed by atoms with Gasteiger partial charge < -0.3 is 14.4 Å². The van der Waals surface area contributed by atoms with Gasteiger partial charge in [-0.1, -0.05) is 0 Å². The van der Waals surface area contributed by atoms with Crippen molar-refractivity contribution in [3.63, 3.8) is 0 Å². The second-order valence-corrected chi connectivity index (χ2v) is 4.05. The van der Waals surface area contributed by atoms with Gasteiger partial charge >= 0.3 is 5.69 Å². The van der Waals surface area contributed by atoms with Gasteiger partial charge in [0.15, 0.2) is 5.75 Å². The number of amides is 1.